The van der Waals surface area contributed by atoms with E-state index in [2.05, 4.69) is 10.0 Å². The van der Waals surface area contributed by atoms with Gasteiger partial charge in [0.2, 0.25) is 0 Å². The molecule has 8 heteroatoms. The predicted octanol–water partition coefficient (Wildman–Crippen LogP) is 3.82. The molecule has 30 heavy (non-hydrogen) atoms. The number of methoxy groups -OCH3 is 1. The molecule has 3 aromatic rings. The molecule has 1 amide bonds. The van der Waals surface area contributed by atoms with Gasteiger partial charge in [0.1, 0.15) is 11.5 Å². The van der Waals surface area contributed by atoms with Crippen LogP contribution in [0.5, 0.6) is 11.5 Å². The van der Waals surface area contributed by atoms with Crippen molar-refractivity contribution in [2.24, 2.45) is 0 Å². The number of hydrogen-bond donors (Lipinski definition) is 2. The summed E-state index contributed by atoms with van der Waals surface area (Å²) >= 11 is 0. The van der Waals surface area contributed by atoms with Crippen LogP contribution in [0.25, 0.3) is 0 Å². The standard InChI is InChI=1S/C22H22N2O5S/c1-16-7-3-5-9-20(16)29-15-22(25)23-17-11-13-18(14-12-17)30(26,27)24-19-8-4-6-10-21(19)28-2/h3-14,24H,15H2,1-2H3,(H,23,25). The first-order valence-electron chi connectivity index (χ1n) is 9.13. The van der Waals surface area contributed by atoms with Crippen molar-refractivity contribution in [3.8, 4) is 11.5 Å². The molecule has 0 aliphatic heterocycles. The Morgan fingerprint density at radius 1 is 0.900 bits per heavy atom. The third-order valence-corrected chi connectivity index (χ3v) is 5.63. The van der Waals surface area contributed by atoms with Gasteiger partial charge in [-0.1, -0.05) is 30.3 Å². The molecule has 0 aliphatic rings. The molecule has 0 saturated heterocycles. The Bertz CT molecular complexity index is 1130. The van der Waals surface area contributed by atoms with Crippen molar-refractivity contribution in [1.82, 2.24) is 0 Å². The molecule has 0 spiro atoms. The number of carbonyl (C=O) groups excluding carboxylic acids is 1. The Balaban J connectivity index is 1.62. The number of rotatable bonds is 8. The number of hydrogen-bond acceptors (Lipinski definition) is 5. The van der Waals surface area contributed by atoms with E-state index in [1.165, 1.54) is 31.4 Å². The number of anilines is 2. The van der Waals surface area contributed by atoms with E-state index in [-0.39, 0.29) is 17.4 Å². The Kier molecular flexibility index (Phi) is 6.58. The zero-order valence-corrected chi connectivity index (χ0v) is 17.4. The van der Waals surface area contributed by atoms with Crippen LogP contribution in [0.1, 0.15) is 5.56 Å². The van der Waals surface area contributed by atoms with Crippen LogP contribution >= 0.6 is 0 Å². The average molecular weight is 426 g/mol. The van der Waals surface area contributed by atoms with Gasteiger partial charge in [0.05, 0.1) is 17.7 Å². The summed E-state index contributed by atoms with van der Waals surface area (Å²) in [6, 6.07) is 20.0. The molecule has 3 aromatic carbocycles. The number of amides is 1. The second-order valence-corrected chi connectivity index (χ2v) is 8.11. The molecular formula is C22H22N2O5S. The van der Waals surface area contributed by atoms with E-state index < -0.39 is 10.0 Å². The number of para-hydroxylation sites is 3. The molecule has 7 nitrogen and oxygen atoms in total. The van der Waals surface area contributed by atoms with Crippen LogP contribution in [0.2, 0.25) is 0 Å². The maximum absolute atomic E-state index is 12.6. The number of benzene rings is 3. The summed E-state index contributed by atoms with van der Waals surface area (Å²) in [5.41, 5.74) is 1.73. The van der Waals surface area contributed by atoms with Crippen molar-refractivity contribution < 1.29 is 22.7 Å². The zero-order chi connectivity index (χ0) is 21.6. The second-order valence-electron chi connectivity index (χ2n) is 6.43. The lowest BCUT2D eigenvalue weighted by molar-refractivity contribution is -0.118. The van der Waals surface area contributed by atoms with E-state index >= 15 is 0 Å². The number of sulfonamides is 1. The average Bonchev–Trinajstić information content (AvgIpc) is 2.74. The van der Waals surface area contributed by atoms with E-state index in [0.29, 0.717) is 22.9 Å². The van der Waals surface area contributed by atoms with E-state index in [9.17, 15) is 13.2 Å². The lowest BCUT2D eigenvalue weighted by atomic mass is 10.2. The fourth-order valence-electron chi connectivity index (χ4n) is 2.71. The van der Waals surface area contributed by atoms with Crippen LogP contribution in [0.15, 0.2) is 77.7 Å². The molecular weight excluding hydrogens is 404 g/mol. The van der Waals surface area contributed by atoms with E-state index in [4.69, 9.17) is 9.47 Å². The topological polar surface area (TPSA) is 93.7 Å². The minimum atomic E-state index is -3.81. The summed E-state index contributed by atoms with van der Waals surface area (Å²) in [6.45, 7) is 1.74. The Hall–Kier alpha value is -3.52. The summed E-state index contributed by atoms with van der Waals surface area (Å²) < 4.78 is 38.4. The van der Waals surface area contributed by atoms with Gasteiger partial charge >= 0.3 is 0 Å². The molecule has 0 saturated carbocycles. The van der Waals surface area contributed by atoms with Crippen molar-refractivity contribution >= 4 is 27.3 Å². The van der Waals surface area contributed by atoms with Gasteiger partial charge in [-0.3, -0.25) is 9.52 Å². The summed E-state index contributed by atoms with van der Waals surface area (Å²) in [4.78, 5) is 12.2. The van der Waals surface area contributed by atoms with Gasteiger partial charge < -0.3 is 14.8 Å². The van der Waals surface area contributed by atoms with Crippen LogP contribution in [0, 0.1) is 6.92 Å². The Labute approximate surface area is 175 Å². The quantitative estimate of drug-likeness (QED) is 0.571. The highest BCUT2D eigenvalue weighted by Gasteiger charge is 2.16. The Morgan fingerprint density at radius 3 is 2.20 bits per heavy atom. The highest BCUT2D eigenvalue weighted by atomic mass is 32.2. The molecule has 0 fully saturated rings. The SMILES string of the molecule is COc1ccccc1NS(=O)(=O)c1ccc(NC(=O)COc2ccccc2C)cc1. The van der Waals surface area contributed by atoms with Gasteiger partial charge in [0.25, 0.3) is 15.9 Å². The van der Waals surface area contributed by atoms with Crippen molar-refractivity contribution in [2.45, 2.75) is 11.8 Å². The van der Waals surface area contributed by atoms with E-state index in [0.717, 1.165) is 5.56 Å². The highest BCUT2D eigenvalue weighted by molar-refractivity contribution is 7.92. The first kappa shape index (κ1) is 21.2. The third kappa shape index (κ3) is 5.30. The molecule has 2 N–H and O–H groups in total. The van der Waals surface area contributed by atoms with Gasteiger partial charge in [-0.05, 0) is 55.0 Å². The molecule has 156 valence electrons. The van der Waals surface area contributed by atoms with Crippen LogP contribution in [-0.4, -0.2) is 28.0 Å². The smallest absolute Gasteiger partial charge is 0.262 e. The fourth-order valence-corrected chi connectivity index (χ4v) is 3.78. The van der Waals surface area contributed by atoms with Gasteiger partial charge in [0, 0.05) is 5.69 Å². The first-order chi connectivity index (χ1) is 14.4. The van der Waals surface area contributed by atoms with E-state index in [1.807, 2.05) is 25.1 Å². The lowest BCUT2D eigenvalue weighted by Gasteiger charge is -2.12. The van der Waals surface area contributed by atoms with Gasteiger partial charge in [0.15, 0.2) is 6.61 Å². The Morgan fingerprint density at radius 2 is 1.53 bits per heavy atom. The van der Waals surface area contributed by atoms with Gasteiger partial charge in [-0.2, -0.15) is 0 Å². The largest absolute Gasteiger partial charge is 0.495 e. The molecule has 0 radical (unpaired) electrons. The summed E-state index contributed by atoms with van der Waals surface area (Å²) in [5.74, 6) is 0.705. The molecule has 0 heterocycles. The van der Waals surface area contributed by atoms with Crippen molar-refractivity contribution in [1.29, 1.82) is 0 Å². The minimum Gasteiger partial charge on any atom is -0.495 e. The number of nitrogens with one attached hydrogen (secondary N) is 2. The molecule has 0 aromatic heterocycles. The van der Waals surface area contributed by atoms with Crippen molar-refractivity contribution in [2.75, 3.05) is 23.8 Å². The summed E-state index contributed by atoms with van der Waals surface area (Å²) in [6.07, 6.45) is 0. The predicted molar refractivity (Wildman–Crippen MR) is 116 cm³/mol. The summed E-state index contributed by atoms with van der Waals surface area (Å²) in [7, 11) is -2.34. The lowest BCUT2D eigenvalue weighted by Crippen LogP contribution is -2.20. The van der Waals surface area contributed by atoms with Crippen LogP contribution in [0.4, 0.5) is 11.4 Å². The zero-order valence-electron chi connectivity index (χ0n) is 16.6. The van der Waals surface area contributed by atoms with Crippen LogP contribution in [-0.2, 0) is 14.8 Å². The van der Waals surface area contributed by atoms with Crippen LogP contribution < -0.4 is 19.5 Å². The minimum absolute atomic E-state index is 0.0579. The van der Waals surface area contributed by atoms with E-state index in [1.54, 1.807) is 30.3 Å². The maximum atomic E-state index is 12.6. The normalized spacial score (nSPS) is 10.9. The highest BCUT2D eigenvalue weighted by Crippen LogP contribution is 2.26. The molecule has 0 unspecified atom stereocenters. The van der Waals surface area contributed by atoms with Crippen molar-refractivity contribution in [3.63, 3.8) is 0 Å². The third-order valence-electron chi connectivity index (χ3n) is 4.25. The summed E-state index contributed by atoms with van der Waals surface area (Å²) in [5, 5.41) is 2.68. The molecule has 0 atom stereocenters. The molecule has 0 aliphatic carbocycles. The van der Waals surface area contributed by atoms with Crippen molar-refractivity contribution in [3.05, 3.63) is 78.4 Å². The monoisotopic (exact) mass is 426 g/mol. The maximum Gasteiger partial charge on any atom is 0.262 e. The second kappa shape index (κ2) is 9.32. The first-order valence-corrected chi connectivity index (χ1v) is 10.6. The van der Waals surface area contributed by atoms with Gasteiger partial charge in [-0.25, -0.2) is 8.42 Å². The van der Waals surface area contributed by atoms with Gasteiger partial charge in [-0.15, -0.1) is 0 Å². The number of ether oxygens (including phenoxy) is 2. The molecule has 3 rings (SSSR count). The van der Waals surface area contributed by atoms with Crippen LogP contribution in [0.3, 0.4) is 0 Å². The fraction of sp³-hybridized carbons (Fsp3) is 0.136. The number of aryl methyl sites for hydroxylation is 1. The molecule has 0 bridgehead atoms. The number of carbonyl (C=O) groups is 1.